The van der Waals surface area contributed by atoms with Gasteiger partial charge in [-0.1, -0.05) is 60.4 Å². The van der Waals surface area contributed by atoms with Gasteiger partial charge in [-0.05, 0) is 56.0 Å². The number of hydrogen-bond acceptors (Lipinski definition) is 11. The fraction of sp³-hybridized carbons (Fsp3) is 0.267. The summed E-state index contributed by atoms with van der Waals surface area (Å²) < 4.78 is 62.9. The van der Waals surface area contributed by atoms with Crippen LogP contribution in [-0.4, -0.2) is 70.8 Å². The highest BCUT2D eigenvalue weighted by atomic mass is 19.4. The molecule has 0 atom stereocenters. The van der Waals surface area contributed by atoms with E-state index in [0.717, 1.165) is 30.3 Å². The number of methoxy groups -OCH3 is 1. The van der Waals surface area contributed by atoms with Crippen LogP contribution in [0.3, 0.4) is 0 Å². The van der Waals surface area contributed by atoms with Crippen molar-refractivity contribution < 1.29 is 27.1 Å². The number of nitrogens with zero attached hydrogens (tertiary/aromatic N) is 9. The van der Waals surface area contributed by atoms with E-state index in [1.54, 1.807) is 73.3 Å². The Hall–Kier alpha value is -7.55. The van der Waals surface area contributed by atoms with Gasteiger partial charge in [0.15, 0.2) is 11.5 Å². The fourth-order valence-electron chi connectivity index (χ4n) is 7.08. The lowest BCUT2D eigenvalue weighted by atomic mass is 10.0. The third kappa shape index (κ3) is 9.37. The van der Waals surface area contributed by atoms with Crippen LogP contribution in [0.4, 0.5) is 23.5 Å². The molecule has 0 radical (unpaired) electrons. The summed E-state index contributed by atoms with van der Waals surface area (Å²) in [5.74, 6) is 5.86. The summed E-state index contributed by atoms with van der Waals surface area (Å²) in [7, 11) is 1.51. The Labute approximate surface area is 357 Å². The van der Waals surface area contributed by atoms with Gasteiger partial charge in [0.2, 0.25) is 11.8 Å². The molecule has 0 saturated heterocycles. The van der Waals surface area contributed by atoms with Gasteiger partial charge in [-0.15, -0.1) is 0 Å². The van der Waals surface area contributed by atoms with E-state index in [9.17, 15) is 27.2 Å². The largest absolute Gasteiger partial charge is 0.480 e. The van der Waals surface area contributed by atoms with Gasteiger partial charge in [-0.3, -0.25) is 9.59 Å². The molecule has 0 bridgehead atoms. The highest BCUT2D eigenvalue weighted by molar-refractivity contribution is 5.95. The predicted molar refractivity (Wildman–Crippen MR) is 225 cm³/mol. The number of amides is 1. The average molecular weight is 858 g/mol. The molecule has 3 aromatic carbocycles. The summed E-state index contributed by atoms with van der Waals surface area (Å²) in [6, 6.07) is 17.9. The van der Waals surface area contributed by atoms with Gasteiger partial charge in [0.1, 0.15) is 29.9 Å². The summed E-state index contributed by atoms with van der Waals surface area (Å²) in [4.78, 5) is 53.7. The number of anilines is 1. The van der Waals surface area contributed by atoms with Gasteiger partial charge in [0.25, 0.3) is 11.5 Å². The van der Waals surface area contributed by atoms with E-state index in [0.29, 0.717) is 44.9 Å². The number of imidazole rings is 1. The first kappa shape index (κ1) is 42.2. The Balaban J connectivity index is 1.02. The first-order chi connectivity index (χ1) is 30.4. The highest BCUT2D eigenvalue weighted by Gasteiger charge is 2.35. The molecular formula is C45H39F4N11O3. The number of halogens is 4. The predicted octanol–water partition coefficient (Wildman–Crippen LogP) is 7.08. The molecule has 63 heavy (non-hydrogen) atoms. The van der Waals surface area contributed by atoms with E-state index in [1.807, 2.05) is 0 Å². The number of benzene rings is 3. The Kier molecular flexibility index (Phi) is 11.9. The Morgan fingerprint density at radius 2 is 1.71 bits per heavy atom. The molecule has 4 heterocycles. The molecule has 1 aliphatic rings. The average Bonchev–Trinajstić information content (AvgIpc) is 4.03. The Morgan fingerprint density at radius 1 is 0.968 bits per heavy atom. The number of aromatic nitrogens is 9. The minimum Gasteiger partial charge on any atom is -0.480 e. The molecule has 7 aromatic rings. The molecule has 1 saturated carbocycles. The first-order valence-electron chi connectivity index (χ1n) is 19.9. The summed E-state index contributed by atoms with van der Waals surface area (Å²) in [6.07, 6.45) is 1.38. The van der Waals surface area contributed by atoms with E-state index in [4.69, 9.17) is 9.72 Å². The number of fused-ring (bicyclic) bond motifs is 1. The molecule has 0 aliphatic heterocycles. The van der Waals surface area contributed by atoms with Crippen molar-refractivity contribution in [2.75, 3.05) is 25.1 Å². The van der Waals surface area contributed by atoms with Crippen molar-refractivity contribution in [1.82, 2.24) is 50.0 Å². The van der Waals surface area contributed by atoms with Crippen molar-refractivity contribution in [3.8, 4) is 40.5 Å². The van der Waals surface area contributed by atoms with Crippen LogP contribution in [0.5, 0.6) is 5.88 Å². The van der Waals surface area contributed by atoms with Crippen LogP contribution < -0.4 is 20.5 Å². The molecule has 18 heteroatoms. The second-order valence-electron chi connectivity index (χ2n) is 15.1. The number of ether oxygens (including phenoxy) is 1. The second kappa shape index (κ2) is 17.8. The van der Waals surface area contributed by atoms with E-state index in [2.05, 4.69) is 52.3 Å². The zero-order valence-electron chi connectivity index (χ0n) is 34.2. The lowest BCUT2D eigenvalue weighted by molar-refractivity contribution is -0.140. The third-order valence-corrected chi connectivity index (χ3v) is 10.4. The smallest absolute Gasteiger partial charge is 0.434 e. The number of alkyl halides is 3. The topological polar surface area (TPSA) is 170 Å². The van der Waals surface area contributed by atoms with Crippen molar-refractivity contribution in [2.24, 2.45) is 0 Å². The van der Waals surface area contributed by atoms with E-state index >= 15 is 0 Å². The molecule has 320 valence electrons. The number of carbonyl (C=O) groups is 1. The van der Waals surface area contributed by atoms with Gasteiger partial charge in [0, 0.05) is 42.1 Å². The summed E-state index contributed by atoms with van der Waals surface area (Å²) in [5, 5.41) is 10.5. The van der Waals surface area contributed by atoms with Gasteiger partial charge in [-0.25, -0.2) is 34.4 Å². The standard InChI is InChI=1S/C45H39F4N11O3/c1-26(2)60-23-36(45(47,48)49)55-40(60)30-13-10-27(11-14-30)22-59(44-54-25-52-39(56-44)37-38(29-15-16-29)51-24-53-43(37)63-3)19-7-6-18-50-41(61)33-20-28(12-17-34(33)46)21-35-31-8-4-5-9-32(31)42(62)58-57-35/h4-5,8-14,17,20,23-26,29H,15-16,18-19,21-22H2,1-3H3,(H,50,61)(H,58,62). The summed E-state index contributed by atoms with van der Waals surface area (Å²) in [6.45, 7) is 3.73. The van der Waals surface area contributed by atoms with Gasteiger partial charge >= 0.3 is 6.18 Å². The van der Waals surface area contributed by atoms with Gasteiger partial charge < -0.3 is 19.5 Å². The number of aromatic amines is 1. The van der Waals surface area contributed by atoms with E-state index < -0.39 is 23.6 Å². The van der Waals surface area contributed by atoms with E-state index in [1.165, 1.54) is 36.5 Å². The maximum atomic E-state index is 15.0. The van der Waals surface area contributed by atoms with Crippen LogP contribution in [-0.2, 0) is 19.1 Å². The van der Waals surface area contributed by atoms with Gasteiger partial charge in [0.05, 0.1) is 42.5 Å². The molecule has 1 aliphatic carbocycles. The highest BCUT2D eigenvalue weighted by Crippen LogP contribution is 2.45. The zero-order chi connectivity index (χ0) is 44.3. The molecule has 0 unspecified atom stereocenters. The van der Waals surface area contributed by atoms with Crippen molar-refractivity contribution in [3.63, 3.8) is 0 Å². The fourth-order valence-corrected chi connectivity index (χ4v) is 7.08. The van der Waals surface area contributed by atoms with Crippen molar-refractivity contribution >= 4 is 22.6 Å². The Bertz CT molecular complexity index is 2940. The number of H-pyrrole nitrogens is 1. The van der Waals surface area contributed by atoms with Crippen LogP contribution >= 0.6 is 0 Å². The minimum atomic E-state index is -4.60. The van der Waals surface area contributed by atoms with Crippen LogP contribution in [0.2, 0.25) is 0 Å². The van der Waals surface area contributed by atoms with Crippen LogP contribution in [0.25, 0.3) is 33.5 Å². The lowest BCUT2D eigenvalue weighted by Gasteiger charge is -2.21. The number of rotatable bonds is 13. The molecule has 1 amide bonds. The normalized spacial score (nSPS) is 12.6. The Morgan fingerprint density at radius 3 is 2.44 bits per heavy atom. The van der Waals surface area contributed by atoms with Crippen molar-refractivity contribution in [3.05, 3.63) is 136 Å². The lowest BCUT2D eigenvalue weighted by Crippen LogP contribution is -2.27. The second-order valence-corrected chi connectivity index (χ2v) is 15.1. The molecule has 14 nitrogen and oxygen atoms in total. The van der Waals surface area contributed by atoms with Crippen LogP contribution in [0.1, 0.15) is 77.2 Å². The SMILES string of the molecule is COc1ncnc(C2CC2)c1-c1ncnc(N(CC#CCNC(=O)c2cc(Cc3n[nH]c(=O)c4ccccc34)ccc2F)Cc2ccc(-c3nc(C(F)(F)F)cn3C(C)C)cc2)n1. The zero-order valence-corrected chi connectivity index (χ0v) is 34.2. The molecule has 0 spiro atoms. The van der Waals surface area contributed by atoms with Crippen molar-refractivity contribution in [1.29, 1.82) is 0 Å². The quantitative estimate of drug-likeness (QED) is 0.0898. The van der Waals surface area contributed by atoms with Crippen LogP contribution in [0, 0.1) is 17.7 Å². The van der Waals surface area contributed by atoms with E-state index in [-0.39, 0.29) is 60.9 Å². The number of carbonyl (C=O) groups excluding carboxylic acids is 1. The molecule has 2 N–H and O–H groups in total. The summed E-state index contributed by atoms with van der Waals surface area (Å²) in [5.41, 5.74) is 2.29. The number of nitrogens with one attached hydrogen (secondary N) is 2. The molecule has 8 rings (SSSR count). The third-order valence-electron chi connectivity index (χ3n) is 10.4. The minimum absolute atomic E-state index is 0.0651. The molecule has 1 fully saturated rings. The van der Waals surface area contributed by atoms with Crippen LogP contribution in [0.15, 0.2) is 90.4 Å². The van der Waals surface area contributed by atoms with Gasteiger partial charge in [-0.2, -0.15) is 23.3 Å². The van der Waals surface area contributed by atoms with Crippen molar-refractivity contribution in [2.45, 2.75) is 57.8 Å². The molecule has 4 aromatic heterocycles. The first-order valence-corrected chi connectivity index (χ1v) is 19.9. The molecular weight excluding hydrogens is 819 g/mol. The maximum Gasteiger partial charge on any atom is 0.434 e. The monoisotopic (exact) mass is 857 g/mol. The number of hydrogen-bond donors (Lipinski definition) is 2. The maximum absolute atomic E-state index is 15.0. The summed E-state index contributed by atoms with van der Waals surface area (Å²) >= 11 is 0.